The van der Waals surface area contributed by atoms with Crippen LogP contribution in [0.2, 0.25) is 0 Å². The highest BCUT2D eigenvalue weighted by Crippen LogP contribution is 2.29. The average Bonchev–Trinajstić information content (AvgIpc) is 2.77. The summed E-state index contributed by atoms with van der Waals surface area (Å²) in [6.45, 7) is 0. The molecule has 0 amide bonds. The third-order valence-corrected chi connectivity index (χ3v) is 4.39. The number of hydrogen-bond acceptors (Lipinski definition) is 2. The van der Waals surface area contributed by atoms with E-state index < -0.39 is 23.5 Å². The molecule has 1 atom stereocenters. The van der Waals surface area contributed by atoms with E-state index in [4.69, 9.17) is 0 Å². The molecule has 1 aromatic heterocycles. The molecule has 0 aliphatic carbocycles. The van der Waals surface area contributed by atoms with Crippen LogP contribution in [-0.2, 0) is 0 Å². The minimum atomic E-state index is -1.43. The molecule has 0 fully saturated rings. The van der Waals surface area contributed by atoms with Crippen molar-refractivity contribution in [3.8, 4) is 0 Å². The fraction of sp³-hybridized carbons (Fsp3) is 0.167. The molecule has 2 rings (SSSR count). The zero-order chi connectivity index (χ0) is 13.3. The van der Waals surface area contributed by atoms with Crippen LogP contribution in [0.1, 0.15) is 17.2 Å². The van der Waals surface area contributed by atoms with Gasteiger partial charge in [0.25, 0.3) is 0 Å². The predicted octanol–water partition coefficient (Wildman–Crippen LogP) is 4.08. The molecule has 0 spiro atoms. The molecule has 18 heavy (non-hydrogen) atoms. The highest BCUT2D eigenvalue weighted by atomic mass is 127. The number of halogens is 4. The van der Waals surface area contributed by atoms with Crippen LogP contribution in [0.25, 0.3) is 0 Å². The zero-order valence-corrected chi connectivity index (χ0v) is 12.3. The van der Waals surface area contributed by atoms with E-state index in [2.05, 4.69) is 27.9 Å². The van der Waals surface area contributed by atoms with E-state index in [-0.39, 0.29) is 5.56 Å². The lowest BCUT2D eigenvalue weighted by atomic mass is 10.0. The van der Waals surface area contributed by atoms with Gasteiger partial charge in [-0.05, 0) is 52.7 Å². The van der Waals surface area contributed by atoms with Crippen LogP contribution < -0.4 is 5.32 Å². The van der Waals surface area contributed by atoms with E-state index in [0.717, 1.165) is 14.5 Å². The predicted molar refractivity (Wildman–Crippen MR) is 74.3 cm³/mol. The number of rotatable bonds is 3. The second-order valence-electron chi connectivity index (χ2n) is 3.67. The summed E-state index contributed by atoms with van der Waals surface area (Å²) in [5.74, 6) is -3.75. The zero-order valence-electron chi connectivity index (χ0n) is 9.31. The lowest BCUT2D eigenvalue weighted by Crippen LogP contribution is -2.19. The fourth-order valence-corrected chi connectivity index (χ4v) is 3.14. The Morgan fingerprint density at radius 2 is 1.94 bits per heavy atom. The Morgan fingerprint density at radius 3 is 2.50 bits per heavy atom. The van der Waals surface area contributed by atoms with E-state index in [9.17, 15) is 13.2 Å². The summed E-state index contributed by atoms with van der Waals surface area (Å²) in [7, 11) is 1.65. The van der Waals surface area contributed by atoms with Gasteiger partial charge >= 0.3 is 0 Å². The first-order valence-corrected chi connectivity index (χ1v) is 7.05. The van der Waals surface area contributed by atoms with E-state index >= 15 is 0 Å². The maximum Gasteiger partial charge on any atom is 0.194 e. The van der Waals surface area contributed by atoms with Gasteiger partial charge in [0.05, 0.1) is 8.93 Å². The number of hydrogen-bond donors (Lipinski definition) is 1. The molecule has 1 heterocycles. The maximum atomic E-state index is 13.7. The molecule has 0 aliphatic heterocycles. The first kappa shape index (κ1) is 13.8. The standard InChI is InChI=1S/C12H9F3INS/c1-17-12(6-4-9(16)18-5-6)7-2-3-8(13)11(15)10(7)14/h2-5,12,17H,1H3. The van der Waals surface area contributed by atoms with Crippen LogP contribution in [0.5, 0.6) is 0 Å². The normalized spacial score (nSPS) is 12.7. The molecule has 1 nitrogen and oxygen atoms in total. The van der Waals surface area contributed by atoms with Gasteiger partial charge in [0, 0.05) is 5.56 Å². The van der Waals surface area contributed by atoms with Gasteiger partial charge in [-0.1, -0.05) is 6.07 Å². The summed E-state index contributed by atoms with van der Waals surface area (Å²) in [5, 5.41) is 4.77. The van der Waals surface area contributed by atoms with Gasteiger partial charge in [0.2, 0.25) is 0 Å². The molecule has 1 N–H and O–H groups in total. The summed E-state index contributed by atoms with van der Waals surface area (Å²) in [6.07, 6.45) is 0. The minimum absolute atomic E-state index is 0.102. The van der Waals surface area contributed by atoms with Crippen LogP contribution in [0.3, 0.4) is 0 Å². The monoisotopic (exact) mass is 383 g/mol. The Kier molecular flexibility index (Phi) is 4.29. The molecule has 0 saturated carbocycles. The molecule has 0 aliphatic rings. The van der Waals surface area contributed by atoms with Crippen molar-refractivity contribution in [2.24, 2.45) is 0 Å². The molecular weight excluding hydrogens is 374 g/mol. The Bertz CT molecular complexity index is 570. The van der Waals surface area contributed by atoms with Gasteiger partial charge < -0.3 is 5.32 Å². The Balaban J connectivity index is 2.49. The molecule has 0 bridgehead atoms. The van der Waals surface area contributed by atoms with Crippen molar-refractivity contribution in [3.63, 3.8) is 0 Å². The van der Waals surface area contributed by atoms with Crippen LogP contribution in [0, 0.1) is 20.3 Å². The number of thiophene rings is 1. The van der Waals surface area contributed by atoms with Crippen molar-refractivity contribution in [1.82, 2.24) is 5.32 Å². The van der Waals surface area contributed by atoms with E-state index in [1.807, 2.05) is 11.4 Å². The first-order valence-electron chi connectivity index (χ1n) is 5.09. The molecule has 96 valence electrons. The summed E-state index contributed by atoms with van der Waals surface area (Å²) in [4.78, 5) is 0. The molecule has 0 radical (unpaired) electrons. The van der Waals surface area contributed by atoms with E-state index in [1.54, 1.807) is 7.05 Å². The van der Waals surface area contributed by atoms with Gasteiger partial charge in [-0.2, -0.15) is 0 Å². The molecule has 6 heteroatoms. The van der Waals surface area contributed by atoms with Crippen LogP contribution >= 0.6 is 33.9 Å². The lowest BCUT2D eigenvalue weighted by molar-refractivity contribution is 0.435. The number of nitrogens with one attached hydrogen (secondary N) is 1. The summed E-state index contributed by atoms with van der Waals surface area (Å²) >= 11 is 3.67. The average molecular weight is 383 g/mol. The Hall–Kier alpha value is -0.600. The quantitative estimate of drug-likeness (QED) is 0.622. The fourth-order valence-electron chi connectivity index (χ4n) is 1.74. The lowest BCUT2D eigenvalue weighted by Gasteiger charge is -2.16. The topological polar surface area (TPSA) is 12.0 Å². The smallest absolute Gasteiger partial charge is 0.194 e. The van der Waals surface area contributed by atoms with Crippen molar-refractivity contribution in [2.75, 3.05) is 7.05 Å². The summed E-state index contributed by atoms with van der Waals surface area (Å²) in [6, 6.07) is 3.60. The highest BCUT2D eigenvalue weighted by molar-refractivity contribution is 14.1. The maximum absolute atomic E-state index is 13.7. The molecule has 2 aromatic rings. The minimum Gasteiger partial charge on any atom is -0.309 e. The molecular formula is C12H9F3INS. The van der Waals surface area contributed by atoms with E-state index in [1.165, 1.54) is 17.4 Å². The van der Waals surface area contributed by atoms with Gasteiger partial charge in [-0.3, -0.25) is 0 Å². The second-order valence-corrected chi connectivity index (χ2v) is 6.48. The number of benzene rings is 1. The molecule has 1 unspecified atom stereocenters. The van der Waals surface area contributed by atoms with Crippen molar-refractivity contribution in [2.45, 2.75) is 6.04 Å². The van der Waals surface area contributed by atoms with Crippen LogP contribution in [0.4, 0.5) is 13.2 Å². The largest absolute Gasteiger partial charge is 0.309 e. The second kappa shape index (κ2) is 5.58. The SMILES string of the molecule is CNC(c1csc(I)c1)c1ccc(F)c(F)c1F. The third kappa shape index (κ3) is 2.55. The van der Waals surface area contributed by atoms with Crippen molar-refractivity contribution in [3.05, 3.63) is 55.0 Å². The van der Waals surface area contributed by atoms with Crippen LogP contribution in [0.15, 0.2) is 23.6 Å². The van der Waals surface area contributed by atoms with Gasteiger partial charge in [0.15, 0.2) is 17.5 Å². The van der Waals surface area contributed by atoms with E-state index in [0.29, 0.717) is 0 Å². The summed E-state index contributed by atoms with van der Waals surface area (Å²) in [5.41, 5.74) is 0.933. The van der Waals surface area contributed by atoms with Crippen molar-refractivity contribution >= 4 is 33.9 Å². The van der Waals surface area contributed by atoms with Gasteiger partial charge in [-0.15, -0.1) is 11.3 Å². The first-order chi connectivity index (χ1) is 8.54. The molecule has 0 saturated heterocycles. The Morgan fingerprint density at radius 1 is 1.22 bits per heavy atom. The van der Waals surface area contributed by atoms with Crippen molar-refractivity contribution < 1.29 is 13.2 Å². The van der Waals surface area contributed by atoms with Crippen molar-refractivity contribution in [1.29, 1.82) is 0 Å². The van der Waals surface area contributed by atoms with Gasteiger partial charge in [0.1, 0.15) is 0 Å². The van der Waals surface area contributed by atoms with Gasteiger partial charge in [-0.25, -0.2) is 13.2 Å². The third-order valence-electron chi connectivity index (χ3n) is 2.59. The summed E-state index contributed by atoms with van der Waals surface area (Å²) < 4.78 is 40.9. The highest BCUT2D eigenvalue weighted by Gasteiger charge is 2.21. The Labute approximate surface area is 120 Å². The van der Waals surface area contributed by atoms with Crippen LogP contribution in [-0.4, -0.2) is 7.05 Å². The molecule has 1 aromatic carbocycles.